The van der Waals surface area contributed by atoms with Gasteiger partial charge in [0.2, 0.25) is 0 Å². The number of aromatic nitrogens is 3. The predicted octanol–water partition coefficient (Wildman–Crippen LogP) is 12.2. The second-order valence-electron chi connectivity index (χ2n) is 13.7. The molecule has 51 heavy (non-hydrogen) atoms. The summed E-state index contributed by atoms with van der Waals surface area (Å²) in [4.78, 5) is 15.3. The molecule has 9 rings (SSSR count). The lowest BCUT2D eigenvalue weighted by Gasteiger charge is -2.22. The van der Waals surface area contributed by atoms with E-state index in [1.165, 1.54) is 44.5 Å². The van der Waals surface area contributed by atoms with E-state index in [0.29, 0.717) is 17.5 Å². The van der Waals surface area contributed by atoms with Crippen LogP contribution < -0.4 is 0 Å². The van der Waals surface area contributed by atoms with Gasteiger partial charge in [0.05, 0.1) is 0 Å². The lowest BCUT2D eigenvalue weighted by molar-refractivity contribution is 0.661. The maximum Gasteiger partial charge on any atom is 0.164 e. The first kappa shape index (κ1) is 30.6. The topological polar surface area (TPSA) is 38.7 Å². The Labute approximate surface area is 299 Å². The molecule has 242 valence electrons. The summed E-state index contributed by atoms with van der Waals surface area (Å²) >= 11 is 0. The SMILES string of the molecule is CC1(C)c2cc(-c3ccccc3)ccc2-c2ccc(-c3nc(-c4ccc(-c5ccccc5)cc4)nc(-c4ccc(-c5ccccc5)cc4)n3)cc21. The molecule has 0 amide bonds. The van der Waals surface area contributed by atoms with Crippen molar-refractivity contribution < 1.29 is 0 Å². The normalized spacial score (nSPS) is 12.7. The molecule has 1 aromatic heterocycles. The van der Waals surface area contributed by atoms with Gasteiger partial charge in [0.1, 0.15) is 0 Å². The van der Waals surface area contributed by atoms with Crippen LogP contribution in [0.4, 0.5) is 0 Å². The van der Waals surface area contributed by atoms with Crippen LogP contribution in [0.5, 0.6) is 0 Å². The van der Waals surface area contributed by atoms with Gasteiger partial charge in [-0.05, 0) is 67.8 Å². The fourth-order valence-electron chi connectivity index (χ4n) is 7.33. The van der Waals surface area contributed by atoms with Gasteiger partial charge in [0.25, 0.3) is 0 Å². The largest absolute Gasteiger partial charge is 0.208 e. The number of rotatable bonds is 6. The Hall–Kier alpha value is -6.45. The Balaban J connectivity index is 1.13. The van der Waals surface area contributed by atoms with Gasteiger partial charge >= 0.3 is 0 Å². The lowest BCUT2D eigenvalue weighted by atomic mass is 9.81. The summed E-state index contributed by atoms with van der Waals surface area (Å²) in [5.41, 5.74) is 15.0. The van der Waals surface area contributed by atoms with E-state index in [-0.39, 0.29) is 5.41 Å². The van der Waals surface area contributed by atoms with Crippen molar-refractivity contribution in [3.05, 3.63) is 187 Å². The first-order valence-electron chi connectivity index (χ1n) is 17.4. The van der Waals surface area contributed by atoms with Crippen molar-refractivity contribution in [3.8, 4) is 78.7 Å². The predicted molar refractivity (Wildman–Crippen MR) is 210 cm³/mol. The van der Waals surface area contributed by atoms with Gasteiger partial charge in [-0.25, -0.2) is 15.0 Å². The van der Waals surface area contributed by atoms with E-state index in [2.05, 4.69) is 178 Å². The Bertz CT molecular complexity index is 2400. The van der Waals surface area contributed by atoms with E-state index in [1.807, 2.05) is 12.1 Å². The zero-order chi connectivity index (χ0) is 34.4. The van der Waals surface area contributed by atoms with Crippen LogP contribution in [-0.2, 0) is 5.41 Å². The molecular formula is C48H35N3. The van der Waals surface area contributed by atoms with Crippen molar-refractivity contribution in [1.82, 2.24) is 15.0 Å². The van der Waals surface area contributed by atoms with Crippen LogP contribution in [0.2, 0.25) is 0 Å². The average molecular weight is 654 g/mol. The van der Waals surface area contributed by atoms with Crippen molar-refractivity contribution in [2.45, 2.75) is 19.3 Å². The molecule has 0 aliphatic heterocycles. The lowest BCUT2D eigenvalue weighted by Crippen LogP contribution is -2.15. The highest BCUT2D eigenvalue weighted by atomic mass is 15.0. The molecule has 0 unspecified atom stereocenters. The third-order valence-corrected chi connectivity index (χ3v) is 10.2. The highest BCUT2D eigenvalue weighted by Crippen LogP contribution is 2.50. The fourth-order valence-corrected chi connectivity index (χ4v) is 7.33. The van der Waals surface area contributed by atoms with Gasteiger partial charge in [0, 0.05) is 22.1 Å². The van der Waals surface area contributed by atoms with Crippen LogP contribution in [-0.4, -0.2) is 15.0 Å². The molecule has 0 bridgehead atoms. The van der Waals surface area contributed by atoms with Crippen molar-refractivity contribution in [2.24, 2.45) is 0 Å². The van der Waals surface area contributed by atoms with E-state index in [0.717, 1.165) is 27.8 Å². The van der Waals surface area contributed by atoms with Gasteiger partial charge in [-0.15, -0.1) is 0 Å². The van der Waals surface area contributed by atoms with Gasteiger partial charge in [-0.1, -0.05) is 178 Å². The van der Waals surface area contributed by atoms with Crippen LogP contribution in [0.1, 0.15) is 25.0 Å². The van der Waals surface area contributed by atoms with Gasteiger partial charge in [-0.2, -0.15) is 0 Å². The second kappa shape index (κ2) is 12.5. The maximum atomic E-state index is 5.12. The van der Waals surface area contributed by atoms with Gasteiger partial charge < -0.3 is 0 Å². The van der Waals surface area contributed by atoms with Gasteiger partial charge in [0.15, 0.2) is 17.5 Å². The molecular weight excluding hydrogens is 619 g/mol. The van der Waals surface area contributed by atoms with Crippen molar-refractivity contribution in [3.63, 3.8) is 0 Å². The van der Waals surface area contributed by atoms with Gasteiger partial charge in [-0.3, -0.25) is 0 Å². The summed E-state index contributed by atoms with van der Waals surface area (Å²) in [5.74, 6) is 1.96. The summed E-state index contributed by atoms with van der Waals surface area (Å²) < 4.78 is 0. The summed E-state index contributed by atoms with van der Waals surface area (Å²) in [7, 11) is 0. The second-order valence-corrected chi connectivity index (χ2v) is 13.7. The summed E-state index contributed by atoms with van der Waals surface area (Å²) in [6, 6.07) is 62.0. The molecule has 1 aliphatic carbocycles. The first-order valence-corrected chi connectivity index (χ1v) is 17.4. The summed E-state index contributed by atoms with van der Waals surface area (Å²) in [6.45, 7) is 4.64. The monoisotopic (exact) mass is 653 g/mol. The van der Waals surface area contributed by atoms with Crippen molar-refractivity contribution in [2.75, 3.05) is 0 Å². The highest BCUT2D eigenvalue weighted by Gasteiger charge is 2.36. The number of fused-ring (bicyclic) bond motifs is 3. The molecule has 7 aromatic carbocycles. The molecule has 3 heteroatoms. The Morgan fingerprint density at radius 1 is 0.294 bits per heavy atom. The number of benzene rings is 7. The minimum Gasteiger partial charge on any atom is -0.208 e. The quantitative estimate of drug-likeness (QED) is 0.179. The molecule has 0 fully saturated rings. The fraction of sp³-hybridized carbons (Fsp3) is 0.0625. The number of hydrogen-bond donors (Lipinski definition) is 0. The molecule has 8 aromatic rings. The zero-order valence-electron chi connectivity index (χ0n) is 28.6. The molecule has 0 radical (unpaired) electrons. The van der Waals surface area contributed by atoms with Crippen molar-refractivity contribution >= 4 is 0 Å². The standard InChI is InChI=1S/C48H35N3/c1-48(2)43-30-39(34-16-10-5-11-17-34)26-28-41(43)42-29-27-40(31-44(42)48)47-50-45(37-22-18-35(19-23-37)32-12-6-3-7-13-32)49-46(51-47)38-24-20-36(21-25-38)33-14-8-4-9-15-33/h3-31H,1-2H3. The van der Waals surface area contributed by atoms with Crippen LogP contribution in [0, 0.1) is 0 Å². The van der Waals surface area contributed by atoms with E-state index in [1.54, 1.807) is 0 Å². The third-order valence-electron chi connectivity index (χ3n) is 10.2. The molecule has 0 saturated carbocycles. The minimum absolute atomic E-state index is 0.190. The van der Waals surface area contributed by atoms with E-state index >= 15 is 0 Å². The molecule has 0 N–H and O–H groups in total. The molecule has 0 atom stereocenters. The molecule has 0 saturated heterocycles. The van der Waals surface area contributed by atoms with E-state index < -0.39 is 0 Å². The minimum atomic E-state index is -0.190. The molecule has 0 spiro atoms. The van der Waals surface area contributed by atoms with Crippen LogP contribution >= 0.6 is 0 Å². The molecule has 3 nitrogen and oxygen atoms in total. The highest BCUT2D eigenvalue weighted by molar-refractivity contribution is 5.85. The van der Waals surface area contributed by atoms with E-state index in [4.69, 9.17) is 15.0 Å². The summed E-state index contributed by atoms with van der Waals surface area (Å²) in [6.07, 6.45) is 0. The van der Waals surface area contributed by atoms with E-state index in [9.17, 15) is 0 Å². The zero-order valence-corrected chi connectivity index (χ0v) is 28.6. The Kier molecular flexibility index (Phi) is 7.48. The molecule has 1 heterocycles. The third kappa shape index (κ3) is 5.63. The summed E-state index contributed by atoms with van der Waals surface area (Å²) in [5, 5.41) is 0. The number of hydrogen-bond acceptors (Lipinski definition) is 3. The van der Waals surface area contributed by atoms with Crippen LogP contribution in [0.25, 0.3) is 78.7 Å². The Morgan fingerprint density at radius 3 is 1.02 bits per heavy atom. The maximum absolute atomic E-state index is 5.12. The van der Waals surface area contributed by atoms with Crippen LogP contribution in [0.15, 0.2) is 176 Å². The van der Waals surface area contributed by atoms with Crippen molar-refractivity contribution in [1.29, 1.82) is 0 Å². The number of nitrogens with zero attached hydrogens (tertiary/aromatic N) is 3. The smallest absolute Gasteiger partial charge is 0.164 e. The molecule has 1 aliphatic rings. The Morgan fingerprint density at radius 2 is 0.588 bits per heavy atom. The first-order chi connectivity index (χ1) is 25.0. The van der Waals surface area contributed by atoms with Crippen LogP contribution in [0.3, 0.4) is 0 Å². The average Bonchev–Trinajstić information content (AvgIpc) is 3.43.